The number of nitro benzene ring substituents is 1. The van der Waals surface area contributed by atoms with E-state index in [1.807, 2.05) is 36.4 Å². The van der Waals surface area contributed by atoms with E-state index < -0.39 is 45.8 Å². The number of nitrogens with one attached hydrogen (secondary N) is 1. The predicted molar refractivity (Wildman–Crippen MR) is 162 cm³/mol. The SMILES string of the molecule is O=C(c1ccc(Cl)cc1Cl)[C@@H]1[C@H](C(=O)c2ccc([N+](=O)[O-])cc2)[C@@]2(C(=O)Nc3ccccc32)[C@@H]2c3ccccc3C=CN12. The Morgan fingerprint density at radius 3 is 2.37 bits per heavy atom. The molecule has 0 radical (unpaired) electrons. The third-order valence-electron chi connectivity index (χ3n) is 8.68. The average Bonchev–Trinajstić information content (AvgIpc) is 3.48. The van der Waals surface area contributed by atoms with Crippen LogP contribution < -0.4 is 5.32 Å². The number of hydrogen-bond donors (Lipinski definition) is 1. The van der Waals surface area contributed by atoms with Crippen molar-refractivity contribution in [2.24, 2.45) is 5.92 Å². The van der Waals surface area contributed by atoms with Crippen molar-refractivity contribution in [1.29, 1.82) is 0 Å². The summed E-state index contributed by atoms with van der Waals surface area (Å²) in [6, 6.07) is 22.6. The number of rotatable bonds is 5. The predicted octanol–water partition coefficient (Wildman–Crippen LogP) is 6.88. The number of carbonyl (C=O) groups excluding carboxylic acids is 3. The molecule has 8 nitrogen and oxygen atoms in total. The minimum atomic E-state index is -1.53. The Morgan fingerprint density at radius 2 is 1.63 bits per heavy atom. The Bertz CT molecular complexity index is 1910. The molecule has 3 aliphatic rings. The van der Waals surface area contributed by atoms with Gasteiger partial charge in [-0.3, -0.25) is 24.5 Å². The van der Waals surface area contributed by atoms with Gasteiger partial charge >= 0.3 is 0 Å². The number of non-ortho nitro benzene ring substituents is 1. The van der Waals surface area contributed by atoms with Crippen LogP contribution in [0, 0.1) is 16.0 Å². The molecule has 1 amide bonds. The number of ketones is 2. The van der Waals surface area contributed by atoms with Gasteiger partial charge in [-0.25, -0.2) is 0 Å². The minimum absolute atomic E-state index is 0.120. The van der Waals surface area contributed by atoms with Gasteiger partial charge in [-0.15, -0.1) is 0 Å². The fraction of sp³-hybridized carbons (Fsp3) is 0.121. The molecule has 1 saturated heterocycles. The molecule has 0 aliphatic carbocycles. The second kappa shape index (κ2) is 9.90. The smallest absolute Gasteiger partial charge is 0.269 e. The molecule has 3 heterocycles. The number of nitro groups is 1. The van der Waals surface area contributed by atoms with Gasteiger partial charge in [-0.1, -0.05) is 65.7 Å². The van der Waals surface area contributed by atoms with Gasteiger partial charge < -0.3 is 10.2 Å². The third kappa shape index (κ3) is 3.87. The van der Waals surface area contributed by atoms with Gasteiger partial charge in [0.1, 0.15) is 11.5 Å². The molecular formula is C33H21Cl2N3O5. The number of benzene rings is 4. The quantitative estimate of drug-likeness (QED) is 0.150. The molecule has 4 aromatic rings. The van der Waals surface area contributed by atoms with Gasteiger partial charge in [0.2, 0.25) is 5.91 Å². The fourth-order valence-corrected chi connectivity index (χ4v) is 7.44. The standard InChI is InChI=1S/C33H21Cl2N3O5/c34-20-11-14-23(25(35)17-20)30(40)28-27(29(39)19-9-12-21(13-10-19)38(42)43)33(24-7-3-4-8-26(24)36-32(33)41)31-22-6-2-1-5-18(22)15-16-37(28)31/h1-17,27-28,31H,(H,36,41)/t27-,28+,31+,33-/m1/s1. The van der Waals surface area contributed by atoms with E-state index in [2.05, 4.69) is 5.32 Å². The van der Waals surface area contributed by atoms with Crippen LogP contribution >= 0.6 is 23.2 Å². The van der Waals surface area contributed by atoms with Gasteiger partial charge in [0, 0.05) is 40.2 Å². The van der Waals surface area contributed by atoms with E-state index in [0.29, 0.717) is 16.3 Å². The topological polar surface area (TPSA) is 110 Å². The molecule has 0 unspecified atom stereocenters. The first-order valence-electron chi connectivity index (χ1n) is 13.5. The first-order chi connectivity index (χ1) is 20.7. The maximum Gasteiger partial charge on any atom is 0.269 e. The number of halogens is 2. The van der Waals surface area contributed by atoms with E-state index in [1.54, 1.807) is 35.4 Å². The number of fused-ring (bicyclic) bond motifs is 6. The van der Waals surface area contributed by atoms with Crippen molar-refractivity contribution in [2.75, 3.05) is 5.32 Å². The van der Waals surface area contributed by atoms with Crippen LogP contribution in [0.15, 0.2) is 97.2 Å². The van der Waals surface area contributed by atoms with Crippen LogP contribution in [0.2, 0.25) is 10.0 Å². The van der Waals surface area contributed by atoms with Gasteiger partial charge in [-0.2, -0.15) is 0 Å². The number of para-hydroxylation sites is 1. The summed E-state index contributed by atoms with van der Waals surface area (Å²) in [5.74, 6) is -2.60. The minimum Gasteiger partial charge on any atom is -0.358 e. The Labute approximate surface area is 255 Å². The van der Waals surface area contributed by atoms with Crippen LogP contribution in [0.25, 0.3) is 6.08 Å². The zero-order valence-electron chi connectivity index (χ0n) is 22.2. The third-order valence-corrected chi connectivity index (χ3v) is 9.23. The molecule has 0 aromatic heterocycles. The van der Waals surface area contributed by atoms with Crippen molar-refractivity contribution < 1.29 is 19.3 Å². The highest BCUT2D eigenvalue weighted by molar-refractivity contribution is 6.37. The number of anilines is 1. The maximum absolute atomic E-state index is 14.8. The summed E-state index contributed by atoms with van der Waals surface area (Å²) in [5.41, 5.74) is 1.38. The lowest BCUT2D eigenvalue weighted by molar-refractivity contribution is -0.384. The van der Waals surface area contributed by atoms with E-state index in [0.717, 1.165) is 11.1 Å². The largest absolute Gasteiger partial charge is 0.358 e. The van der Waals surface area contributed by atoms with Gasteiger partial charge in [0.15, 0.2) is 11.6 Å². The number of hydrogen-bond acceptors (Lipinski definition) is 6. The van der Waals surface area contributed by atoms with E-state index >= 15 is 0 Å². The Kier molecular flexibility index (Phi) is 6.23. The molecule has 7 rings (SSSR count). The molecular weight excluding hydrogens is 589 g/mol. The highest BCUT2D eigenvalue weighted by atomic mass is 35.5. The lowest BCUT2D eigenvalue weighted by atomic mass is 9.62. The molecule has 212 valence electrons. The van der Waals surface area contributed by atoms with Crippen molar-refractivity contribution in [3.8, 4) is 0 Å². The van der Waals surface area contributed by atoms with Crippen LogP contribution in [-0.2, 0) is 10.2 Å². The van der Waals surface area contributed by atoms with Crippen LogP contribution in [0.4, 0.5) is 11.4 Å². The summed E-state index contributed by atoms with van der Waals surface area (Å²) in [5, 5.41) is 14.8. The molecule has 43 heavy (non-hydrogen) atoms. The molecule has 1 fully saturated rings. The maximum atomic E-state index is 14.8. The number of nitrogens with zero attached hydrogens (tertiary/aromatic N) is 2. The van der Waals surface area contributed by atoms with Crippen molar-refractivity contribution in [3.63, 3.8) is 0 Å². The molecule has 10 heteroatoms. The van der Waals surface area contributed by atoms with Crippen molar-refractivity contribution in [3.05, 3.63) is 145 Å². The summed E-state index contributed by atoms with van der Waals surface area (Å²) in [7, 11) is 0. The number of carbonyl (C=O) groups is 3. The van der Waals surface area contributed by atoms with Crippen LogP contribution in [-0.4, -0.2) is 33.3 Å². The second-order valence-corrected chi connectivity index (χ2v) is 11.6. The highest BCUT2D eigenvalue weighted by Crippen LogP contribution is 2.62. The van der Waals surface area contributed by atoms with E-state index in [4.69, 9.17) is 23.2 Å². The normalized spacial score (nSPS) is 23.0. The van der Waals surface area contributed by atoms with Crippen LogP contribution in [0.1, 0.15) is 43.4 Å². The monoisotopic (exact) mass is 609 g/mol. The van der Waals surface area contributed by atoms with Gasteiger partial charge in [0.05, 0.1) is 21.9 Å². The van der Waals surface area contributed by atoms with Crippen LogP contribution in [0.5, 0.6) is 0 Å². The number of Topliss-reactive ketones (excluding diaryl/α,β-unsaturated/α-hetero) is 2. The Morgan fingerprint density at radius 1 is 0.907 bits per heavy atom. The first-order valence-corrected chi connectivity index (χ1v) is 14.2. The zero-order valence-corrected chi connectivity index (χ0v) is 23.8. The first kappa shape index (κ1) is 27.1. The lowest BCUT2D eigenvalue weighted by Gasteiger charge is -2.38. The molecule has 4 aromatic carbocycles. The van der Waals surface area contributed by atoms with E-state index in [-0.39, 0.29) is 21.8 Å². The molecule has 1 N–H and O–H groups in total. The summed E-state index contributed by atoms with van der Waals surface area (Å²) in [4.78, 5) is 56.5. The summed E-state index contributed by atoms with van der Waals surface area (Å²) >= 11 is 12.7. The van der Waals surface area contributed by atoms with Crippen molar-refractivity contribution >= 4 is 58.1 Å². The zero-order chi connectivity index (χ0) is 30.0. The van der Waals surface area contributed by atoms with Crippen LogP contribution in [0.3, 0.4) is 0 Å². The molecule has 3 aliphatic heterocycles. The Hall–Kier alpha value is -4.79. The molecule has 4 atom stereocenters. The fourth-order valence-electron chi connectivity index (χ4n) is 6.94. The highest BCUT2D eigenvalue weighted by Gasteiger charge is 2.70. The summed E-state index contributed by atoms with van der Waals surface area (Å²) in [6.45, 7) is 0. The van der Waals surface area contributed by atoms with Gasteiger partial charge in [-0.05, 0) is 59.2 Å². The molecule has 0 saturated carbocycles. The average molecular weight is 610 g/mol. The molecule has 0 bridgehead atoms. The lowest BCUT2D eigenvalue weighted by Crippen LogP contribution is -2.49. The number of amides is 1. The van der Waals surface area contributed by atoms with Crippen molar-refractivity contribution in [2.45, 2.75) is 17.5 Å². The molecule has 1 spiro atoms. The van der Waals surface area contributed by atoms with Crippen molar-refractivity contribution in [1.82, 2.24) is 4.90 Å². The van der Waals surface area contributed by atoms with Gasteiger partial charge in [0.25, 0.3) is 5.69 Å². The summed E-state index contributed by atoms with van der Waals surface area (Å²) in [6.07, 6.45) is 3.62. The Balaban J connectivity index is 1.52. The summed E-state index contributed by atoms with van der Waals surface area (Å²) < 4.78 is 0. The second-order valence-electron chi connectivity index (χ2n) is 10.7. The van der Waals surface area contributed by atoms with E-state index in [9.17, 15) is 24.5 Å². The van der Waals surface area contributed by atoms with E-state index in [1.165, 1.54) is 36.4 Å².